The first kappa shape index (κ1) is 9.65. The standard InChI is InChI=1S/C10H16FN3/c1-7-13-5-9(14(7)2)10(11,6-12)8-3-4-8/h5,8H,3-4,6,12H2,1-2H3. The maximum atomic E-state index is 14.5. The van der Waals surface area contributed by atoms with E-state index in [9.17, 15) is 4.39 Å². The maximum absolute atomic E-state index is 14.5. The molecule has 1 unspecified atom stereocenters. The van der Waals surface area contributed by atoms with Crippen LogP contribution in [0.3, 0.4) is 0 Å². The summed E-state index contributed by atoms with van der Waals surface area (Å²) in [6.45, 7) is 1.92. The summed E-state index contributed by atoms with van der Waals surface area (Å²) in [4.78, 5) is 4.11. The van der Waals surface area contributed by atoms with Crippen LogP contribution in [0.4, 0.5) is 4.39 Å². The van der Waals surface area contributed by atoms with Gasteiger partial charge in [-0.1, -0.05) is 0 Å². The fraction of sp³-hybridized carbons (Fsp3) is 0.700. The maximum Gasteiger partial charge on any atom is 0.167 e. The van der Waals surface area contributed by atoms with Gasteiger partial charge in [-0.15, -0.1) is 0 Å². The Kier molecular flexibility index (Phi) is 2.10. The van der Waals surface area contributed by atoms with E-state index < -0.39 is 5.67 Å². The zero-order chi connectivity index (χ0) is 10.3. The highest BCUT2D eigenvalue weighted by molar-refractivity contribution is 5.18. The Morgan fingerprint density at radius 1 is 1.71 bits per heavy atom. The minimum Gasteiger partial charge on any atom is -0.333 e. The second-order valence-electron chi connectivity index (χ2n) is 4.09. The predicted octanol–water partition coefficient (Wildman–Crippen LogP) is 1.26. The van der Waals surface area contributed by atoms with Crippen molar-refractivity contribution in [2.45, 2.75) is 25.4 Å². The van der Waals surface area contributed by atoms with Crippen molar-refractivity contribution >= 4 is 0 Å². The summed E-state index contributed by atoms with van der Waals surface area (Å²) >= 11 is 0. The number of aryl methyl sites for hydroxylation is 1. The van der Waals surface area contributed by atoms with Crippen LogP contribution in [-0.4, -0.2) is 16.1 Å². The van der Waals surface area contributed by atoms with E-state index in [4.69, 9.17) is 5.73 Å². The summed E-state index contributed by atoms with van der Waals surface area (Å²) in [6.07, 6.45) is 3.50. The van der Waals surface area contributed by atoms with Crippen LogP contribution in [0.2, 0.25) is 0 Å². The van der Waals surface area contributed by atoms with Gasteiger partial charge in [0.05, 0.1) is 11.9 Å². The lowest BCUT2D eigenvalue weighted by Gasteiger charge is -2.23. The SMILES string of the molecule is Cc1ncc(C(F)(CN)C2CC2)n1C. The van der Waals surface area contributed by atoms with Crippen molar-refractivity contribution in [2.24, 2.45) is 18.7 Å². The summed E-state index contributed by atoms with van der Waals surface area (Å²) in [6, 6.07) is 0. The van der Waals surface area contributed by atoms with Crippen molar-refractivity contribution in [2.75, 3.05) is 6.54 Å². The van der Waals surface area contributed by atoms with Crippen LogP contribution in [0.25, 0.3) is 0 Å². The molecule has 0 spiro atoms. The third kappa shape index (κ3) is 1.25. The van der Waals surface area contributed by atoms with E-state index in [2.05, 4.69) is 4.98 Å². The fourth-order valence-electron chi connectivity index (χ4n) is 1.91. The molecule has 3 nitrogen and oxygen atoms in total. The molecule has 1 fully saturated rings. The van der Waals surface area contributed by atoms with Crippen molar-refractivity contribution in [1.82, 2.24) is 9.55 Å². The van der Waals surface area contributed by atoms with Gasteiger partial charge in [-0.25, -0.2) is 9.37 Å². The van der Waals surface area contributed by atoms with Gasteiger partial charge in [0.15, 0.2) is 5.67 Å². The second kappa shape index (κ2) is 3.05. The van der Waals surface area contributed by atoms with Crippen molar-refractivity contribution in [3.05, 3.63) is 17.7 Å². The average molecular weight is 197 g/mol. The number of rotatable bonds is 3. The normalized spacial score (nSPS) is 20.9. The van der Waals surface area contributed by atoms with Crippen molar-refractivity contribution in [3.8, 4) is 0 Å². The molecule has 1 saturated carbocycles. The topological polar surface area (TPSA) is 43.8 Å². The minimum absolute atomic E-state index is 0.0522. The zero-order valence-corrected chi connectivity index (χ0v) is 8.63. The first-order valence-corrected chi connectivity index (χ1v) is 4.97. The van der Waals surface area contributed by atoms with Crippen LogP contribution in [0.15, 0.2) is 6.20 Å². The monoisotopic (exact) mass is 197 g/mol. The highest BCUT2D eigenvalue weighted by Gasteiger charge is 2.48. The summed E-state index contributed by atoms with van der Waals surface area (Å²) in [5.41, 5.74) is 4.80. The van der Waals surface area contributed by atoms with Gasteiger partial charge < -0.3 is 10.3 Å². The molecule has 4 heteroatoms. The van der Waals surface area contributed by atoms with Crippen LogP contribution < -0.4 is 5.73 Å². The molecule has 0 aromatic carbocycles. The summed E-state index contributed by atoms with van der Waals surface area (Å²) in [5, 5.41) is 0. The smallest absolute Gasteiger partial charge is 0.167 e. The molecule has 0 amide bonds. The number of halogens is 1. The first-order valence-electron chi connectivity index (χ1n) is 4.97. The van der Waals surface area contributed by atoms with Crippen molar-refractivity contribution in [1.29, 1.82) is 0 Å². The minimum atomic E-state index is -1.37. The average Bonchev–Trinajstić information content (AvgIpc) is 2.96. The molecule has 1 aliphatic rings. The Hall–Kier alpha value is -0.900. The number of hydrogen-bond donors (Lipinski definition) is 1. The molecule has 0 bridgehead atoms. The molecule has 78 valence electrons. The second-order valence-corrected chi connectivity index (χ2v) is 4.09. The van der Waals surface area contributed by atoms with Gasteiger partial charge >= 0.3 is 0 Å². The van der Waals surface area contributed by atoms with Gasteiger partial charge in [-0.3, -0.25) is 0 Å². The number of aromatic nitrogens is 2. The largest absolute Gasteiger partial charge is 0.333 e. The molecule has 1 aromatic rings. The van der Waals surface area contributed by atoms with Crippen LogP contribution in [-0.2, 0) is 12.7 Å². The van der Waals surface area contributed by atoms with E-state index in [1.54, 1.807) is 10.8 Å². The highest BCUT2D eigenvalue weighted by atomic mass is 19.1. The quantitative estimate of drug-likeness (QED) is 0.792. The molecular weight excluding hydrogens is 181 g/mol. The number of nitrogens with two attached hydrogens (primary N) is 1. The summed E-state index contributed by atoms with van der Waals surface area (Å²) < 4.78 is 16.3. The number of hydrogen-bond acceptors (Lipinski definition) is 2. The van der Waals surface area contributed by atoms with Gasteiger partial charge in [-0.05, 0) is 19.8 Å². The number of alkyl halides is 1. The van der Waals surface area contributed by atoms with Crippen molar-refractivity contribution < 1.29 is 4.39 Å². The Bertz CT molecular complexity index is 343. The van der Waals surface area contributed by atoms with Crippen LogP contribution in [0, 0.1) is 12.8 Å². The molecule has 2 N–H and O–H groups in total. The lowest BCUT2D eigenvalue weighted by atomic mass is 9.96. The summed E-state index contributed by atoms with van der Waals surface area (Å²) in [5.74, 6) is 0.929. The third-order valence-electron chi connectivity index (χ3n) is 3.17. The highest BCUT2D eigenvalue weighted by Crippen LogP contribution is 2.47. The summed E-state index contributed by atoms with van der Waals surface area (Å²) in [7, 11) is 1.84. The molecule has 2 rings (SSSR count). The Morgan fingerprint density at radius 3 is 2.71 bits per heavy atom. The molecule has 14 heavy (non-hydrogen) atoms. The molecule has 0 radical (unpaired) electrons. The van der Waals surface area contributed by atoms with Crippen LogP contribution >= 0.6 is 0 Å². The molecule has 0 aliphatic heterocycles. The zero-order valence-electron chi connectivity index (χ0n) is 8.63. The lowest BCUT2D eigenvalue weighted by molar-refractivity contribution is 0.132. The third-order valence-corrected chi connectivity index (χ3v) is 3.17. The van der Waals surface area contributed by atoms with Gasteiger partial charge in [0.1, 0.15) is 5.82 Å². The van der Waals surface area contributed by atoms with E-state index in [1.807, 2.05) is 14.0 Å². The Balaban J connectivity index is 2.40. The van der Waals surface area contributed by atoms with Crippen LogP contribution in [0.1, 0.15) is 24.4 Å². The van der Waals surface area contributed by atoms with E-state index in [-0.39, 0.29) is 12.5 Å². The molecular formula is C10H16FN3. The first-order chi connectivity index (χ1) is 6.59. The number of imidazole rings is 1. The Labute approximate surface area is 83.1 Å². The molecule has 0 saturated heterocycles. The van der Waals surface area contributed by atoms with E-state index in [1.165, 1.54) is 0 Å². The molecule has 1 aromatic heterocycles. The Morgan fingerprint density at radius 2 is 2.36 bits per heavy atom. The van der Waals surface area contributed by atoms with Gasteiger partial charge in [0.2, 0.25) is 0 Å². The van der Waals surface area contributed by atoms with Crippen LogP contribution in [0.5, 0.6) is 0 Å². The van der Waals surface area contributed by atoms with Gasteiger partial charge in [0, 0.05) is 19.5 Å². The van der Waals surface area contributed by atoms with Gasteiger partial charge in [-0.2, -0.15) is 0 Å². The molecule has 1 atom stereocenters. The van der Waals surface area contributed by atoms with E-state index in [0.29, 0.717) is 5.69 Å². The predicted molar refractivity (Wildman–Crippen MR) is 52.5 cm³/mol. The number of nitrogens with zero attached hydrogens (tertiary/aromatic N) is 2. The van der Waals surface area contributed by atoms with Crippen molar-refractivity contribution in [3.63, 3.8) is 0 Å². The van der Waals surface area contributed by atoms with E-state index >= 15 is 0 Å². The lowest BCUT2D eigenvalue weighted by Crippen LogP contribution is -2.34. The molecule has 1 aliphatic carbocycles. The molecule has 1 heterocycles. The fourth-order valence-corrected chi connectivity index (χ4v) is 1.91. The van der Waals surface area contributed by atoms with E-state index in [0.717, 1.165) is 18.7 Å². The van der Waals surface area contributed by atoms with Gasteiger partial charge in [0.25, 0.3) is 0 Å².